The quantitative estimate of drug-likeness (QED) is 0.757. The number of carbonyl (C=O) groups excluding carboxylic acids is 1. The predicted octanol–water partition coefficient (Wildman–Crippen LogP) is 1.34. The van der Waals surface area contributed by atoms with Crippen molar-refractivity contribution in [1.29, 1.82) is 0 Å². The number of hydrogen-bond donors (Lipinski definition) is 2. The molecule has 0 aromatic heterocycles. The van der Waals surface area contributed by atoms with Gasteiger partial charge in [0.05, 0.1) is 17.7 Å². The Labute approximate surface area is 125 Å². The van der Waals surface area contributed by atoms with E-state index in [0.717, 1.165) is 5.56 Å². The van der Waals surface area contributed by atoms with Crippen LogP contribution in [0.3, 0.4) is 0 Å². The normalized spacial score (nSPS) is 13.5. The molecule has 0 aliphatic carbocycles. The number of amides is 1. The molecule has 1 aromatic carbocycles. The number of nitrogens with one attached hydrogen (secondary N) is 1. The van der Waals surface area contributed by atoms with Crippen LogP contribution in [0.25, 0.3) is 0 Å². The lowest BCUT2D eigenvalue weighted by Gasteiger charge is -2.15. The minimum atomic E-state index is -1.07. The second kappa shape index (κ2) is 9.79. The third-order valence-electron chi connectivity index (χ3n) is 2.39. The van der Waals surface area contributed by atoms with Crippen molar-refractivity contribution < 1.29 is 18.8 Å². The molecule has 0 saturated heterocycles. The largest absolute Gasteiger partial charge is 0.445 e. The molecule has 0 fully saturated rings. The van der Waals surface area contributed by atoms with E-state index in [1.807, 2.05) is 36.6 Å². The number of thioether (sulfide) groups is 1. The first-order valence-corrected chi connectivity index (χ1v) is 8.96. The Morgan fingerprint density at radius 1 is 1.45 bits per heavy atom. The molecule has 1 amide bonds. The van der Waals surface area contributed by atoms with Crippen LogP contribution in [0.4, 0.5) is 4.79 Å². The van der Waals surface area contributed by atoms with Crippen molar-refractivity contribution in [3.63, 3.8) is 0 Å². The van der Waals surface area contributed by atoms with Crippen molar-refractivity contribution >= 4 is 28.7 Å². The number of aliphatic hydroxyl groups excluding tert-OH is 1. The lowest BCUT2D eigenvalue weighted by molar-refractivity contribution is 0.131. The second-order valence-corrected chi connectivity index (χ2v) is 6.83. The standard InChI is InChI=1S/C13H19NO4S2/c1-19-10-20(17)9-12(7-15)14-13(16)18-8-11-5-3-2-4-6-11/h2-6,12,15H,7-10H2,1H3,(H,14,16)/t12-,20?/m0/s1. The fraction of sp³-hybridized carbons (Fsp3) is 0.462. The Balaban J connectivity index is 2.34. The molecule has 1 rings (SSSR count). The molecule has 0 bridgehead atoms. The molecule has 0 aliphatic rings. The van der Waals surface area contributed by atoms with E-state index in [2.05, 4.69) is 5.32 Å². The fourth-order valence-corrected chi connectivity index (χ4v) is 3.55. The lowest BCUT2D eigenvalue weighted by Crippen LogP contribution is -2.41. The molecule has 0 radical (unpaired) electrons. The van der Waals surface area contributed by atoms with Gasteiger partial charge < -0.3 is 15.2 Å². The SMILES string of the molecule is CSCS(=O)C[C@H](CO)NC(=O)OCc1ccccc1. The summed E-state index contributed by atoms with van der Waals surface area (Å²) in [6.45, 7) is -0.0979. The number of alkyl carbamates (subject to hydrolysis) is 1. The van der Waals surface area contributed by atoms with Crippen molar-refractivity contribution in [2.24, 2.45) is 0 Å². The Morgan fingerprint density at radius 3 is 2.75 bits per heavy atom. The van der Waals surface area contributed by atoms with E-state index in [0.29, 0.717) is 5.08 Å². The van der Waals surface area contributed by atoms with Crippen molar-refractivity contribution in [1.82, 2.24) is 5.32 Å². The molecule has 112 valence electrons. The first-order chi connectivity index (χ1) is 9.65. The molecule has 2 N–H and O–H groups in total. The van der Waals surface area contributed by atoms with Gasteiger partial charge in [-0.1, -0.05) is 30.3 Å². The van der Waals surface area contributed by atoms with Crippen LogP contribution in [0.1, 0.15) is 5.56 Å². The third-order valence-corrected chi connectivity index (χ3v) is 5.16. The average Bonchev–Trinajstić information content (AvgIpc) is 2.45. The first kappa shape index (κ1) is 17.0. The van der Waals surface area contributed by atoms with Crippen molar-refractivity contribution in [3.8, 4) is 0 Å². The van der Waals surface area contributed by atoms with Crippen LogP contribution < -0.4 is 5.32 Å². The van der Waals surface area contributed by atoms with Gasteiger partial charge >= 0.3 is 6.09 Å². The van der Waals surface area contributed by atoms with Crippen LogP contribution >= 0.6 is 11.8 Å². The number of hydrogen-bond acceptors (Lipinski definition) is 5. The maximum atomic E-state index is 11.6. The Kier molecular flexibility index (Phi) is 8.32. The zero-order valence-electron chi connectivity index (χ0n) is 11.3. The third kappa shape index (κ3) is 6.93. The van der Waals surface area contributed by atoms with Crippen LogP contribution in [0, 0.1) is 0 Å². The summed E-state index contributed by atoms with van der Waals surface area (Å²) < 4.78 is 16.6. The predicted molar refractivity (Wildman–Crippen MR) is 82.0 cm³/mol. The number of carbonyl (C=O) groups is 1. The van der Waals surface area contributed by atoms with Gasteiger partial charge in [-0.05, 0) is 11.8 Å². The molecule has 5 nitrogen and oxygen atoms in total. The molecule has 0 heterocycles. The fourth-order valence-electron chi connectivity index (χ4n) is 1.48. The maximum absolute atomic E-state index is 11.6. The van der Waals surface area contributed by atoms with Gasteiger partial charge in [0.1, 0.15) is 6.61 Å². The van der Waals surface area contributed by atoms with E-state index in [1.54, 1.807) is 0 Å². The van der Waals surface area contributed by atoms with E-state index in [4.69, 9.17) is 9.84 Å². The van der Waals surface area contributed by atoms with Gasteiger partial charge in [-0.25, -0.2) is 4.79 Å². The Bertz CT molecular complexity index is 428. The molecule has 0 spiro atoms. The smallest absolute Gasteiger partial charge is 0.407 e. The minimum Gasteiger partial charge on any atom is -0.445 e. The second-order valence-electron chi connectivity index (χ2n) is 4.10. The highest BCUT2D eigenvalue weighted by molar-refractivity contribution is 8.09. The van der Waals surface area contributed by atoms with Crippen molar-refractivity contribution in [2.75, 3.05) is 23.7 Å². The van der Waals surface area contributed by atoms with Gasteiger partial charge in [0.15, 0.2) is 0 Å². The van der Waals surface area contributed by atoms with Gasteiger partial charge in [0.25, 0.3) is 0 Å². The summed E-state index contributed by atoms with van der Waals surface area (Å²) in [7, 11) is -1.07. The first-order valence-electron chi connectivity index (χ1n) is 6.07. The molecular formula is C13H19NO4S2. The highest BCUT2D eigenvalue weighted by atomic mass is 32.2. The van der Waals surface area contributed by atoms with Gasteiger partial charge in [0, 0.05) is 16.6 Å². The minimum absolute atomic E-state index is 0.165. The maximum Gasteiger partial charge on any atom is 0.407 e. The van der Waals surface area contributed by atoms with E-state index >= 15 is 0 Å². The molecule has 1 aromatic rings. The van der Waals surface area contributed by atoms with Crippen LogP contribution in [0.15, 0.2) is 30.3 Å². The van der Waals surface area contributed by atoms with E-state index in [9.17, 15) is 9.00 Å². The summed E-state index contributed by atoms with van der Waals surface area (Å²) in [6, 6.07) is 8.75. The highest BCUT2D eigenvalue weighted by Crippen LogP contribution is 2.02. The van der Waals surface area contributed by atoms with E-state index in [-0.39, 0.29) is 19.0 Å². The van der Waals surface area contributed by atoms with Gasteiger partial charge in [0.2, 0.25) is 0 Å². The van der Waals surface area contributed by atoms with Gasteiger partial charge in [-0.2, -0.15) is 11.8 Å². The topological polar surface area (TPSA) is 75.6 Å². The van der Waals surface area contributed by atoms with E-state index < -0.39 is 22.9 Å². The number of aliphatic hydroxyl groups is 1. The zero-order valence-corrected chi connectivity index (χ0v) is 12.9. The average molecular weight is 317 g/mol. The van der Waals surface area contributed by atoms with Crippen molar-refractivity contribution in [2.45, 2.75) is 12.6 Å². The highest BCUT2D eigenvalue weighted by Gasteiger charge is 2.15. The van der Waals surface area contributed by atoms with Gasteiger partial charge in [-0.15, -0.1) is 0 Å². The lowest BCUT2D eigenvalue weighted by atomic mass is 10.2. The van der Waals surface area contributed by atoms with Crippen LogP contribution in [-0.4, -0.2) is 45.2 Å². The zero-order chi connectivity index (χ0) is 14.8. The summed E-state index contributed by atoms with van der Waals surface area (Å²) in [4.78, 5) is 11.6. The molecule has 0 saturated carbocycles. The molecule has 1 unspecified atom stereocenters. The van der Waals surface area contributed by atoms with Crippen LogP contribution in [-0.2, 0) is 22.1 Å². The summed E-state index contributed by atoms with van der Waals surface area (Å²) in [5.74, 6) is 0.220. The van der Waals surface area contributed by atoms with Crippen LogP contribution in [0.5, 0.6) is 0 Å². The van der Waals surface area contributed by atoms with Crippen molar-refractivity contribution in [3.05, 3.63) is 35.9 Å². The summed E-state index contributed by atoms with van der Waals surface area (Å²) >= 11 is 1.46. The summed E-state index contributed by atoms with van der Waals surface area (Å²) in [5.41, 5.74) is 0.883. The van der Waals surface area contributed by atoms with E-state index in [1.165, 1.54) is 11.8 Å². The molecule has 7 heteroatoms. The van der Waals surface area contributed by atoms with Crippen LogP contribution in [0.2, 0.25) is 0 Å². The Hall–Kier alpha value is -1.05. The monoisotopic (exact) mass is 317 g/mol. The molecule has 2 atom stereocenters. The Morgan fingerprint density at radius 2 is 2.15 bits per heavy atom. The number of benzene rings is 1. The molecular weight excluding hydrogens is 298 g/mol. The van der Waals surface area contributed by atoms with Gasteiger partial charge in [-0.3, -0.25) is 4.21 Å². The number of rotatable bonds is 8. The molecule has 20 heavy (non-hydrogen) atoms. The molecule has 0 aliphatic heterocycles. The number of ether oxygens (including phenoxy) is 1. The summed E-state index contributed by atoms with van der Waals surface area (Å²) in [5, 5.41) is 12.2. The summed E-state index contributed by atoms with van der Waals surface area (Å²) in [6.07, 6.45) is 1.24.